The van der Waals surface area contributed by atoms with E-state index in [9.17, 15) is 22.8 Å². The highest BCUT2D eigenvalue weighted by Gasteiger charge is 2.39. The van der Waals surface area contributed by atoms with Gasteiger partial charge in [-0.05, 0) is 58.2 Å². The second-order valence-electron chi connectivity index (χ2n) is 7.43. The summed E-state index contributed by atoms with van der Waals surface area (Å²) in [5.41, 5.74) is 0.581. The highest BCUT2D eigenvalue weighted by atomic mass is 79.9. The Labute approximate surface area is 224 Å². The molecule has 0 aliphatic rings. The second kappa shape index (κ2) is 12.9. The number of nitrogens with zero attached hydrogens (tertiary/aromatic N) is 1. The minimum absolute atomic E-state index is 0.0179. The molecule has 190 valence electrons. The molecule has 2 N–H and O–H groups in total. The highest BCUT2D eigenvalue weighted by molar-refractivity contribution is 9.10. The van der Waals surface area contributed by atoms with Crippen molar-refractivity contribution in [1.82, 2.24) is 15.5 Å². The molecule has 0 heterocycles. The molecule has 5 nitrogen and oxygen atoms in total. The number of hydrogen-bond donors (Lipinski definition) is 2. The van der Waals surface area contributed by atoms with Gasteiger partial charge in [0.25, 0.3) is 5.91 Å². The lowest BCUT2D eigenvalue weighted by Crippen LogP contribution is -2.41. The van der Waals surface area contributed by atoms with E-state index in [-0.39, 0.29) is 33.2 Å². The number of benzene rings is 2. The van der Waals surface area contributed by atoms with E-state index < -0.39 is 18.0 Å². The summed E-state index contributed by atoms with van der Waals surface area (Å²) in [6.45, 7) is 2.82. The molecular formula is C23H22BrCl3F3N3O2. The molecule has 2 rings (SSSR count). The lowest BCUT2D eigenvalue weighted by Gasteiger charge is -2.18. The van der Waals surface area contributed by atoms with Crippen LogP contribution in [0.3, 0.4) is 0 Å². The predicted molar refractivity (Wildman–Crippen MR) is 137 cm³/mol. The third-order valence-corrected chi connectivity index (χ3v) is 6.70. The van der Waals surface area contributed by atoms with Crippen LogP contribution in [0.1, 0.15) is 34.3 Å². The van der Waals surface area contributed by atoms with Crippen molar-refractivity contribution in [3.05, 3.63) is 72.6 Å². The quantitative estimate of drug-likeness (QED) is 0.310. The van der Waals surface area contributed by atoms with Crippen LogP contribution in [0.2, 0.25) is 15.1 Å². The predicted octanol–water partition coefficient (Wildman–Crippen LogP) is 7.16. The molecule has 1 unspecified atom stereocenters. The summed E-state index contributed by atoms with van der Waals surface area (Å²) >= 11 is 21.0. The minimum Gasteiger partial charge on any atom is -0.350 e. The maximum atomic E-state index is 13.7. The third-order valence-electron chi connectivity index (χ3n) is 4.84. The van der Waals surface area contributed by atoms with Crippen LogP contribution in [0.15, 0.2) is 40.9 Å². The summed E-state index contributed by atoms with van der Waals surface area (Å²) in [4.78, 5) is 25.6. The van der Waals surface area contributed by atoms with Crippen LogP contribution >= 0.6 is 50.7 Å². The van der Waals surface area contributed by atoms with Crippen LogP contribution in [-0.2, 0) is 0 Å². The number of amides is 3. The van der Waals surface area contributed by atoms with Crippen LogP contribution in [0.5, 0.6) is 0 Å². The van der Waals surface area contributed by atoms with Crippen molar-refractivity contribution in [1.29, 1.82) is 0 Å². The summed E-state index contributed by atoms with van der Waals surface area (Å²) in [5.74, 6) is -2.37. The lowest BCUT2D eigenvalue weighted by atomic mass is 9.97. The van der Waals surface area contributed by atoms with Gasteiger partial charge in [-0.2, -0.15) is 13.2 Å². The lowest BCUT2D eigenvalue weighted by molar-refractivity contribution is -0.139. The van der Waals surface area contributed by atoms with Gasteiger partial charge in [-0.3, -0.25) is 4.79 Å². The van der Waals surface area contributed by atoms with Gasteiger partial charge in [0, 0.05) is 31.2 Å². The monoisotopic (exact) mass is 613 g/mol. The number of halogens is 7. The minimum atomic E-state index is -4.60. The van der Waals surface area contributed by atoms with Gasteiger partial charge in [-0.1, -0.05) is 53.0 Å². The molecule has 0 saturated heterocycles. The first-order valence-corrected chi connectivity index (χ1v) is 12.2. The van der Waals surface area contributed by atoms with Crippen molar-refractivity contribution in [3.63, 3.8) is 0 Å². The molecule has 2 aromatic rings. The molecular weight excluding hydrogens is 594 g/mol. The Kier molecular flexibility index (Phi) is 10.8. The van der Waals surface area contributed by atoms with Crippen molar-refractivity contribution in [2.75, 3.05) is 26.7 Å². The van der Waals surface area contributed by atoms with E-state index in [4.69, 9.17) is 34.8 Å². The largest absolute Gasteiger partial charge is 0.399 e. The molecule has 0 fully saturated rings. The molecule has 0 saturated carbocycles. The van der Waals surface area contributed by atoms with Crippen molar-refractivity contribution in [2.45, 2.75) is 19.0 Å². The molecule has 0 bridgehead atoms. The van der Waals surface area contributed by atoms with Gasteiger partial charge >= 0.3 is 12.2 Å². The molecule has 0 radical (unpaired) electrons. The molecule has 1 atom stereocenters. The summed E-state index contributed by atoms with van der Waals surface area (Å²) in [5, 5.41) is 5.18. The van der Waals surface area contributed by atoms with E-state index in [2.05, 4.69) is 26.6 Å². The molecule has 3 amide bonds. The smallest absolute Gasteiger partial charge is 0.350 e. The Hall–Kier alpha value is -1.94. The van der Waals surface area contributed by atoms with Crippen LogP contribution in [0, 0.1) is 0 Å². The molecule has 0 aromatic heterocycles. The number of hydrogen-bond acceptors (Lipinski definition) is 2. The van der Waals surface area contributed by atoms with Crippen LogP contribution in [-0.4, -0.2) is 49.7 Å². The van der Waals surface area contributed by atoms with E-state index in [1.165, 1.54) is 29.2 Å². The van der Waals surface area contributed by atoms with Gasteiger partial charge in [0.05, 0.1) is 26.5 Å². The van der Waals surface area contributed by atoms with Gasteiger partial charge in [-0.25, -0.2) is 4.79 Å². The first kappa shape index (κ1) is 29.3. The number of urea groups is 1. The summed E-state index contributed by atoms with van der Waals surface area (Å²) in [6.07, 6.45) is -2.33. The average Bonchev–Trinajstić information content (AvgIpc) is 2.76. The number of carbonyl (C=O) groups is 2. The van der Waals surface area contributed by atoms with Crippen LogP contribution in [0.4, 0.5) is 18.0 Å². The number of allylic oxidation sites excluding steroid dienone is 1. The first-order valence-electron chi connectivity index (χ1n) is 10.3. The van der Waals surface area contributed by atoms with E-state index in [0.29, 0.717) is 28.7 Å². The Bertz CT molecular complexity index is 1090. The topological polar surface area (TPSA) is 61.4 Å². The van der Waals surface area contributed by atoms with E-state index in [1.54, 1.807) is 14.0 Å². The summed E-state index contributed by atoms with van der Waals surface area (Å²) < 4.78 is 41.6. The molecule has 0 spiro atoms. The fraction of sp³-hybridized carbons (Fsp3) is 0.304. The highest BCUT2D eigenvalue weighted by Crippen LogP contribution is 2.41. The molecule has 12 heteroatoms. The Balaban J connectivity index is 2.14. The zero-order valence-corrected chi connectivity index (χ0v) is 22.5. The third kappa shape index (κ3) is 8.31. The maximum Gasteiger partial charge on any atom is 0.399 e. The molecule has 0 aliphatic carbocycles. The fourth-order valence-corrected chi connectivity index (χ4v) is 4.20. The van der Waals surface area contributed by atoms with Gasteiger partial charge in [0.2, 0.25) is 0 Å². The van der Waals surface area contributed by atoms with Crippen molar-refractivity contribution >= 4 is 68.7 Å². The average molecular weight is 616 g/mol. The fourth-order valence-electron chi connectivity index (χ4n) is 3.01. The molecule has 35 heavy (non-hydrogen) atoms. The van der Waals surface area contributed by atoms with Gasteiger partial charge in [0.15, 0.2) is 0 Å². The Morgan fingerprint density at radius 2 is 1.74 bits per heavy atom. The van der Waals surface area contributed by atoms with E-state index >= 15 is 0 Å². The summed E-state index contributed by atoms with van der Waals surface area (Å²) in [7, 11) is 1.61. The number of carbonyl (C=O) groups excluding carboxylic acids is 2. The maximum absolute atomic E-state index is 13.7. The van der Waals surface area contributed by atoms with Crippen molar-refractivity contribution in [3.8, 4) is 0 Å². The van der Waals surface area contributed by atoms with E-state index in [1.807, 2.05) is 0 Å². The molecule has 2 aromatic carbocycles. The normalized spacial score (nSPS) is 12.5. The van der Waals surface area contributed by atoms with Gasteiger partial charge < -0.3 is 15.5 Å². The summed E-state index contributed by atoms with van der Waals surface area (Å²) in [6, 6.07) is 6.55. The standard InChI is InChI=1S/C23H22BrCl3F3N3O2/c1-3-31-22(35)33(2)9-8-32-21(34)15-6-4-13(10-17(15)24)5-7-16(23(28,29)30)14-11-18(25)20(27)19(26)12-14/h4-7,10-12,16H,3,8-9H2,1-2H3,(H,31,35)(H,32,34)/b7-5+. The zero-order chi connectivity index (χ0) is 26.3. The number of nitrogens with one attached hydrogen (secondary N) is 2. The van der Waals surface area contributed by atoms with E-state index in [0.717, 1.165) is 18.2 Å². The first-order chi connectivity index (χ1) is 16.3. The number of likely N-dealkylation sites (N-methyl/N-ethyl adjacent to an activating group) is 1. The number of rotatable bonds is 8. The van der Waals surface area contributed by atoms with Crippen molar-refractivity contribution in [2.24, 2.45) is 0 Å². The Morgan fingerprint density at radius 3 is 2.29 bits per heavy atom. The van der Waals surface area contributed by atoms with Gasteiger partial charge in [0.1, 0.15) is 0 Å². The van der Waals surface area contributed by atoms with Gasteiger partial charge in [-0.15, -0.1) is 0 Å². The van der Waals surface area contributed by atoms with Crippen LogP contribution < -0.4 is 10.6 Å². The second-order valence-corrected chi connectivity index (χ2v) is 9.48. The Morgan fingerprint density at radius 1 is 1.11 bits per heavy atom. The van der Waals surface area contributed by atoms with Crippen molar-refractivity contribution < 1.29 is 22.8 Å². The zero-order valence-electron chi connectivity index (χ0n) is 18.6. The SMILES string of the molecule is CCNC(=O)N(C)CCNC(=O)c1ccc(/C=C/C(c2cc(Cl)c(Cl)c(Cl)c2)C(F)(F)F)cc1Br. The number of alkyl halides is 3. The van der Waals surface area contributed by atoms with Crippen LogP contribution in [0.25, 0.3) is 6.08 Å². The molecule has 0 aliphatic heterocycles.